The highest BCUT2D eigenvalue weighted by atomic mass is 15.2. The van der Waals surface area contributed by atoms with E-state index in [0.717, 1.165) is 6.54 Å². The summed E-state index contributed by atoms with van der Waals surface area (Å²) in [5, 5.41) is 0. The lowest BCUT2D eigenvalue weighted by molar-refractivity contribution is 0.316. The van der Waals surface area contributed by atoms with Crippen molar-refractivity contribution in [3.05, 3.63) is 29.3 Å². The number of benzene rings is 1. The Labute approximate surface area is 124 Å². The van der Waals surface area contributed by atoms with Crippen LogP contribution < -0.4 is 10.6 Å². The van der Waals surface area contributed by atoms with Crippen molar-refractivity contribution in [1.82, 2.24) is 0 Å². The summed E-state index contributed by atoms with van der Waals surface area (Å²) in [5.41, 5.74) is 10.7. The molecule has 1 aliphatic carbocycles. The summed E-state index contributed by atoms with van der Waals surface area (Å²) in [7, 11) is 2.22. The third kappa shape index (κ3) is 2.58. The molecule has 20 heavy (non-hydrogen) atoms. The van der Waals surface area contributed by atoms with Crippen molar-refractivity contribution < 1.29 is 0 Å². The Morgan fingerprint density at radius 3 is 2.15 bits per heavy atom. The maximum Gasteiger partial charge on any atom is 0.0551 e. The molecule has 2 nitrogen and oxygen atoms in total. The summed E-state index contributed by atoms with van der Waals surface area (Å²) in [6, 6.07) is 6.79. The Morgan fingerprint density at radius 2 is 1.75 bits per heavy atom. The average molecular weight is 274 g/mol. The van der Waals surface area contributed by atoms with Gasteiger partial charge in [0.1, 0.15) is 0 Å². The highest BCUT2D eigenvalue weighted by molar-refractivity contribution is 5.53. The third-order valence-corrected chi connectivity index (χ3v) is 5.18. The topological polar surface area (TPSA) is 29.3 Å². The molecule has 0 saturated heterocycles. The first-order valence-electron chi connectivity index (χ1n) is 7.72. The zero-order valence-electron chi connectivity index (χ0n) is 14.0. The van der Waals surface area contributed by atoms with Crippen molar-refractivity contribution in [2.45, 2.75) is 53.0 Å². The Kier molecular flexibility index (Phi) is 3.90. The maximum absolute atomic E-state index is 6.25. The fraction of sp³-hybridized carbons (Fsp3) is 0.667. The van der Waals surface area contributed by atoms with E-state index in [1.807, 2.05) is 0 Å². The SMILES string of the molecule is Cc1cc(C)cc(N(C)C2(CN)CC(C)(C)CC2C)c1. The number of nitrogens with two attached hydrogens (primary N) is 1. The van der Waals surface area contributed by atoms with Gasteiger partial charge in [-0.15, -0.1) is 0 Å². The molecule has 2 unspecified atom stereocenters. The van der Waals surface area contributed by atoms with E-state index in [4.69, 9.17) is 5.73 Å². The molecule has 112 valence electrons. The van der Waals surface area contributed by atoms with Gasteiger partial charge in [0.15, 0.2) is 0 Å². The van der Waals surface area contributed by atoms with E-state index < -0.39 is 0 Å². The number of likely N-dealkylation sites (N-methyl/N-ethyl adjacent to an activating group) is 1. The first-order valence-corrected chi connectivity index (χ1v) is 7.72. The van der Waals surface area contributed by atoms with Gasteiger partial charge < -0.3 is 10.6 Å². The van der Waals surface area contributed by atoms with Crippen molar-refractivity contribution in [3.8, 4) is 0 Å². The van der Waals surface area contributed by atoms with E-state index in [1.54, 1.807) is 0 Å². The Morgan fingerprint density at radius 1 is 1.20 bits per heavy atom. The summed E-state index contributed by atoms with van der Waals surface area (Å²) in [6.07, 6.45) is 2.42. The van der Waals surface area contributed by atoms with Crippen LogP contribution in [-0.2, 0) is 0 Å². The van der Waals surface area contributed by atoms with E-state index in [9.17, 15) is 0 Å². The predicted octanol–water partition coefficient (Wildman–Crippen LogP) is 3.89. The molecule has 0 heterocycles. The molecular formula is C18H30N2. The van der Waals surface area contributed by atoms with Crippen molar-refractivity contribution in [2.24, 2.45) is 17.1 Å². The molecule has 1 aromatic carbocycles. The molecule has 2 atom stereocenters. The minimum atomic E-state index is 0.0870. The lowest BCUT2D eigenvalue weighted by Crippen LogP contribution is -2.54. The zero-order valence-corrected chi connectivity index (χ0v) is 14.0. The second kappa shape index (κ2) is 5.07. The van der Waals surface area contributed by atoms with Crippen molar-refractivity contribution in [1.29, 1.82) is 0 Å². The van der Waals surface area contributed by atoms with Gasteiger partial charge in [0, 0.05) is 19.3 Å². The van der Waals surface area contributed by atoms with Crippen LogP contribution in [0.1, 0.15) is 44.7 Å². The quantitative estimate of drug-likeness (QED) is 0.906. The summed E-state index contributed by atoms with van der Waals surface area (Å²) in [6.45, 7) is 12.2. The monoisotopic (exact) mass is 274 g/mol. The zero-order chi connectivity index (χ0) is 15.1. The van der Waals surface area contributed by atoms with Gasteiger partial charge in [-0.05, 0) is 61.3 Å². The Hall–Kier alpha value is -1.02. The Balaban J connectivity index is 2.41. The highest BCUT2D eigenvalue weighted by Crippen LogP contribution is 2.50. The lowest BCUT2D eigenvalue weighted by Gasteiger charge is -2.44. The molecule has 1 saturated carbocycles. The predicted molar refractivity (Wildman–Crippen MR) is 88.3 cm³/mol. The highest BCUT2D eigenvalue weighted by Gasteiger charge is 2.50. The van der Waals surface area contributed by atoms with Crippen LogP contribution in [-0.4, -0.2) is 19.1 Å². The summed E-state index contributed by atoms with van der Waals surface area (Å²) < 4.78 is 0. The van der Waals surface area contributed by atoms with Gasteiger partial charge in [-0.2, -0.15) is 0 Å². The van der Waals surface area contributed by atoms with Gasteiger partial charge >= 0.3 is 0 Å². The minimum Gasteiger partial charge on any atom is -0.367 e. The molecule has 0 bridgehead atoms. The molecule has 2 heteroatoms. The number of anilines is 1. The normalized spacial score (nSPS) is 28.6. The average Bonchev–Trinajstić information content (AvgIpc) is 2.57. The minimum absolute atomic E-state index is 0.0870. The summed E-state index contributed by atoms with van der Waals surface area (Å²) >= 11 is 0. The van der Waals surface area contributed by atoms with Crippen LogP contribution in [0.15, 0.2) is 18.2 Å². The van der Waals surface area contributed by atoms with Crippen LogP contribution in [0.25, 0.3) is 0 Å². The van der Waals surface area contributed by atoms with E-state index in [2.05, 4.69) is 64.8 Å². The summed E-state index contributed by atoms with van der Waals surface area (Å²) in [5.74, 6) is 0.619. The number of hydrogen-bond donors (Lipinski definition) is 1. The van der Waals surface area contributed by atoms with Gasteiger partial charge in [0.2, 0.25) is 0 Å². The maximum atomic E-state index is 6.25. The van der Waals surface area contributed by atoms with Gasteiger partial charge in [-0.1, -0.05) is 26.8 Å². The fourth-order valence-electron chi connectivity index (χ4n) is 4.35. The van der Waals surface area contributed by atoms with Crippen LogP contribution in [0.3, 0.4) is 0 Å². The second-order valence-electron chi connectivity index (χ2n) is 7.66. The Bertz CT molecular complexity index is 472. The van der Waals surface area contributed by atoms with Crippen LogP contribution >= 0.6 is 0 Å². The molecule has 1 aliphatic rings. The van der Waals surface area contributed by atoms with Gasteiger partial charge in [-0.3, -0.25) is 0 Å². The van der Waals surface area contributed by atoms with Crippen molar-refractivity contribution in [3.63, 3.8) is 0 Å². The molecule has 0 spiro atoms. The summed E-state index contributed by atoms with van der Waals surface area (Å²) in [4.78, 5) is 2.45. The van der Waals surface area contributed by atoms with Crippen LogP contribution in [0.5, 0.6) is 0 Å². The smallest absolute Gasteiger partial charge is 0.0551 e. The first-order chi connectivity index (χ1) is 9.20. The fourth-order valence-corrected chi connectivity index (χ4v) is 4.35. The van der Waals surface area contributed by atoms with Crippen molar-refractivity contribution in [2.75, 3.05) is 18.5 Å². The van der Waals surface area contributed by atoms with Gasteiger partial charge in [-0.25, -0.2) is 0 Å². The van der Waals surface area contributed by atoms with Crippen LogP contribution in [0.2, 0.25) is 0 Å². The van der Waals surface area contributed by atoms with Crippen molar-refractivity contribution >= 4 is 5.69 Å². The van der Waals surface area contributed by atoms with Gasteiger partial charge in [0.25, 0.3) is 0 Å². The van der Waals surface area contributed by atoms with E-state index in [-0.39, 0.29) is 5.54 Å². The third-order valence-electron chi connectivity index (χ3n) is 5.18. The molecule has 0 amide bonds. The standard InChI is InChI=1S/C18H30N2/c1-13-7-14(2)9-16(8-13)20(6)18(12-19)11-17(4,5)10-15(18)3/h7-9,15H,10-12,19H2,1-6H3. The number of nitrogens with zero attached hydrogens (tertiary/aromatic N) is 1. The van der Waals surface area contributed by atoms with Gasteiger partial charge in [0.05, 0.1) is 5.54 Å². The van der Waals surface area contributed by atoms with Crippen LogP contribution in [0.4, 0.5) is 5.69 Å². The first kappa shape index (κ1) is 15.4. The van der Waals surface area contributed by atoms with E-state index in [1.165, 1.54) is 29.7 Å². The lowest BCUT2D eigenvalue weighted by atomic mass is 9.84. The largest absolute Gasteiger partial charge is 0.367 e. The molecule has 0 radical (unpaired) electrons. The number of hydrogen-bond acceptors (Lipinski definition) is 2. The van der Waals surface area contributed by atoms with E-state index in [0.29, 0.717) is 11.3 Å². The molecule has 2 N–H and O–H groups in total. The molecule has 2 rings (SSSR count). The number of aryl methyl sites for hydroxylation is 2. The molecular weight excluding hydrogens is 244 g/mol. The molecule has 0 aromatic heterocycles. The second-order valence-corrected chi connectivity index (χ2v) is 7.66. The number of rotatable bonds is 3. The molecule has 0 aliphatic heterocycles. The van der Waals surface area contributed by atoms with Crippen LogP contribution in [0, 0.1) is 25.2 Å². The molecule has 1 aromatic rings. The molecule has 1 fully saturated rings. The van der Waals surface area contributed by atoms with E-state index >= 15 is 0 Å².